The third-order valence-corrected chi connectivity index (χ3v) is 7.94. The Morgan fingerprint density at radius 2 is 1.39 bits per heavy atom. The largest absolute Gasteiger partial charge is 0.0587 e. The van der Waals surface area contributed by atoms with Gasteiger partial charge in [0.25, 0.3) is 0 Å². The van der Waals surface area contributed by atoms with E-state index in [1.807, 2.05) is 0 Å². The molecule has 6 rings (SSSR count). The fourth-order valence-electron chi connectivity index (χ4n) is 6.87. The van der Waals surface area contributed by atoms with Crippen molar-refractivity contribution in [3.8, 4) is 11.1 Å². The highest BCUT2D eigenvalue weighted by atomic mass is 14.7. The van der Waals surface area contributed by atoms with Crippen LogP contribution in [0.25, 0.3) is 11.1 Å². The van der Waals surface area contributed by atoms with Crippen molar-refractivity contribution in [2.75, 3.05) is 0 Å². The summed E-state index contributed by atoms with van der Waals surface area (Å²) >= 11 is 0. The van der Waals surface area contributed by atoms with Gasteiger partial charge in [-0.2, -0.15) is 0 Å². The first kappa shape index (κ1) is 12.8. The molecule has 0 N–H and O–H groups in total. The molecule has 0 nitrogen and oxygen atoms in total. The number of hydrogen-bond acceptors (Lipinski definition) is 0. The number of hydrogen-bond donors (Lipinski definition) is 0. The first-order valence-electron chi connectivity index (χ1n) is 9.44. The standard InChI is InChI=1S/C23H24/c1-14-2-4-15(5-3-14)16-6-7-21-17-8-19-11-20-9-18(22(21)10-16)13-23(19,20)12-17/h2-7,10,17-20H,8-9,11-13H2,1H3. The van der Waals surface area contributed by atoms with Crippen molar-refractivity contribution in [1.29, 1.82) is 0 Å². The fraction of sp³-hybridized carbons (Fsp3) is 0.478. The van der Waals surface area contributed by atoms with E-state index >= 15 is 0 Å². The molecule has 2 aromatic rings. The highest BCUT2D eigenvalue weighted by molar-refractivity contribution is 5.66. The van der Waals surface area contributed by atoms with Crippen molar-refractivity contribution in [2.24, 2.45) is 17.3 Å². The van der Waals surface area contributed by atoms with Gasteiger partial charge in [-0.05, 0) is 90.4 Å². The monoisotopic (exact) mass is 300 g/mol. The lowest BCUT2D eigenvalue weighted by Crippen LogP contribution is -2.41. The molecule has 0 radical (unpaired) electrons. The van der Waals surface area contributed by atoms with Crippen LogP contribution in [0.5, 0.6) is 0 Å². The second-order valence-corrected chi connectivity index (χ2v) is 8.85. The van der Waals surface area contributed by atoms with Gasteiger partial charge in [0, 0.05) is 0 Å². The summed E-state index contributed by atoms with van der Waals surface area (Å²) in [5.74, 6) is 3.87. The highest BCUT2D eigenvalue weighted by Crippen LogP contribution is 2.75. The molecule has 0 saturated heterocycles. The first-order valence-corrected chi connectivity index (χ1v) is 9.44. The summed E-state index contributed by atoms with van der Waals surface area (Å²) in [7, 11) is 0. The van der Waals surface area contributed by atoms with Crippen LogP contribution in [0.1, 0.15) is 60.6 Å². The number of fused-ring (bicyclic) bond motifs is 5. The summed E-state index contributed by atoms with van der Waals surface area (Å²) < 4.78 is 0. The van der Waals surface area contributed by atoms with Crippen LogP contribution < -0.4 is 0 Å². The molecule has 4 aliphatic rings. The summed E-state index contributed by atoms with van der Waals surface area (Å²) in [4.78, 5) is 0. The summed E-state index contributed by atoms with van der Waals surface area (Å²) in [5, 5.41) is 0. The molecule has 0 aromatic heterocycles. The Morgan fingerprint density at radius 3 is 2.13 bits per heavy atom. The minimum atomic E-state index is 0.776. The minimum Gasteiger partial charge on any atom is -0.0587 e. The van der Waals surface area contributed by atoms with E-state index in [9.17, 15) is 0 Å². The zero-order valence-electron chi connectivity index (χ0n) is 13.9. The smallest absolute Gasteiger partial charge is 0.0151 e. The third kappa shape index (κ3) is 1.53. The van der Waals surface area contributed by atoms with Gasteiger partial charge in [0.05, 0.1) is 0 Å². The van der Waals surface area contributed by atoms with Crippen molar-refractivity contribution in [3.63, 3.8) is 0 Å². The van der Waals surface area contributed by atoms with Crippen molar-refractivity contribution >= 4 is 0 Å². The molecular formula is C23H24. The number of rotatable bonds is 1. The molecule has 0 heteroatoms. The molecule has 2 aromatic carbocycles. The summed E-state index contributed by atoms with van der Waals surface area (Å²) in [5.41, 5.74) is 8.37. The summed E-state index contributed by atoms with van der Waals surface area (Å²) in [6.45, 7) is 2.17. The molecule has 0 heterocycles. The van der Waals surface area contributed by atoms with Gasteiger partial charge in [-0.25, -0.2) is 0 Å². The SMILES string of the molecule is Cc1ccc(-c2ccc3c(c2)C2CC4CC5CC3CC54C2)cc1. The quantitative estimate of drug-likeness (QED) is 0.601. The van der Waals surface area contributed by atoms with Crippen LogP contribution >= 0.6 is 0 Å². The Balaban J connectivity index is 1.49. The van der Waals surface area contributed by atoms with E-state index in [2.05, 4.69) is 49.4 Å². The molecule has 3 saturated carbocycles. The molecule has 116 valence electrons. The van der Waals surface area contributed by atoms with Crippen molar-refractivity contribution < 1.29 is 0 Å². The molecule has 5 unspecified atom stereocenters. The van der Waals surface area contributed by atoms with Gasteiger partial charge in [0.1, 0.15) is 0 Å². The van der Waals surface area contributed by atoms with E-state index < -0.39 is 0 Å². The lowest BCUT2D eigenvalue weighted by Gasteiger charge is -2.48. The zero-order chi connectivity index (χ0) is 15.2. The third-order valence-electron chi connectivity index (χ3n) is 7.94. The maximum Gasteiger partial charge on any atom is -0.0151 e. The Hall–Kier alpha value is -1.56. The molecule has 4 aliphatic carbocycles. The Bertz CT molecular complexity index is 799. The van der Waals surface area contributed by atoms with Crippen LogP contribution in [0.3, 0.4) is 0 Å². The van der Waals surface area contributed by atoms with E-state index in [1.54, 1.807) is 17.5 Å². The van der Waals surface area contributed by atoms with Crippen LogP contribution in [0, 0.1) is 24.2 Å². The van der Waals surface area contributed by atoms with Crippen LogP contribution in [-0.4, -0.2) is 0 Å². The van der Waals surface area contributed by atoms with Gasteiger partial charge >= 0.3 is 0 Å². The van der Waals surface area contributed by atoms with Crippen molar-refractivity contribution in [2.45, 2.75) is 50.9 Å². The van der Waals surface area contributed by atoms with E-state index in [4.69, 9.17) is 0 Å². The topological polar surface area (TPSA) is 0 Å². The van der Waals surface area contributed by atoms with Crippen LogP contribution in [0.2, 0.25) is 0 Å². The van der Waals surface area contributed by atoms with Gasteiger partial charge in [-0.15, -0.1) is 0 Å². The van der Waals surface area contributed by atoms with Gasteiger partial charge in [-0.1, -0.05) is 48.0 Å². The van der Waals surface area contributed by atoms with E-state index in [1.165, 1.54) is 42.4 Å². The van der Waals surface area contributed by atoms with Gasteiger partial charge < -0.3 is 0 Å². The molecule has 1 spiro atoms. The second-order valence-electron chi connectivity index (χ2n) is 8.85. The van der Waals surface area contributed by atoms with Gasteiger partial charge in [0.2, 0.25) is 0 Å². The van der Waals surface area contributed by atoms with Gasteiger partial charge in [-0.3, -0.25) is 0 Å². The molecule has 0 amide bonds. The van der Waals surface area contributed by atoms with Crippen molar-refractivity contribution in [3.05, 3.63) is 59.2 Å². The zero-order valence-corrected chi connectivity index (χ0v) is 13.9. The fourth-order valence-corrected chi connectivity index (χ4v) is 6.87. The Labute approximate surface area is 138 Å². The maximum atomic E-state index is 2.56. The predicted octanol–water partition coefficient (Wildman–Crippen LogP) is 6.05. The minimum absolute atomic E-state index is 0.776. The average Bonchev–Trinajstić information content (AvgIpc) is 2.98. The first-order chi connectivity index (χ1) is 11.2. The summed E-state index contributed by atoms with van der Waals surface area (Å²) in [6.07, 6.45) is 7.53. The van der Waals surface area contributed by atoms with E-state index in [0.717, 1.165) is 29.1 Å². The normalized spacial score (nSPS) is 38.8. The second kappa shape index (κ2) is 4.09. The molecule has 3 bridgehead atoms. The number of benzene rings is 2. The highest BCUT2D eigenvalue weighted by Gasteiger charge is 2.65. The molecule has 23 heavy (non-hydrogen) atoms. The van der Waals surface area contributed by atoms with Crippen LogP contribution in [-0.2, 0) is 0 Å². The molecular weight excluding hydrogens is 276 g/mol. The molecule has 0 aliphatic heterocycles. The summed E-state index contributed by atoms with van der Waals surface area (Å²) in [6, 6.07) is 16.5. The van der Waals surface area contributed by atoms with Crippen molar-refractivity contribution in [1.82, 2.24) is 0 Å². The molecule has 5 atom stereocenters. The average molecular weight is 300 g/mol. The lowest BCUT2D eigenvalue weighted by atomic mass is 9.56. The predicted molar refractivity (Wildman–Crippen MR) is 94.6 cm³/mol. The Morgan fingerprint density at radius 1 is 0.739 bits per heavy atom. The number of aryl methyl sites for hydroxylation is 1. The van der Waals surface area contributed by atoms with Crippen LogP contribution in [0.4, 0.5) is 0 Å². The Kier molecular flexibility index (Phi) is 2.28. The molecule has 3 fully saturated rings. The van der Waals surface area contributed by atoms with E-state index in [-0.39, 0.29) is 0 Å². The van der Waals surface area contributed by atoms with E-state index in [0.29, 0.717) is 0 Å². The van der Waals surface area contributed by atoms with Gasteiger partial charge in [0.15, 0.2) is 0 Å². The lowest BCUT2D eigenvalue weighted by molar-refractivity contribution is 0.00322. The maximum absolute atomic E-state index is 2.56. The van der Waals surface area contributed by atoms with Crippen LogP contribution in [0.15, 0.2) is 42.5 Å².